The molecule has 6 heteroatoms. The number of halogens is 2. The van der Waals surface area contributed by atoms with Crippen molar-refractivity contribution in [3.05, 3.63) is 33.8 Å². The Morgan fingerprint density at radius 3 is 2.70 bits per heavy atom. The third-order valence-corrected chi connectivity index (χ3v) is 4.72. The minimum atomic E-state index is -0.982. The van der Waals surface area contributed by atoms with Crippen molar-refractivity contribution in [2.75, 3.05) is 13.1 Å². The molecule has 1 heterocycles. The summed E-state index contributed by atoms with van der Waals surface area (Å²) in [6, 6.07) is 5.27. The van der Waals surface area contributed by atoms with Crippen LogP contribution < -0.4 is 0 Å². The van der Waals surface area contributed by atoms with Crippen LogP contribution in [0, 0.1) is 0 Å². The fourth-order valence-corrected chi connectivity index (χ4v) is 3.50. The normalized spacial score (nSPS) is 26.2. The molecule has 4 nitrogen and oxygen atoms in total. The van der Waals surface area contributed by atoms with E-state index in [9.17, 15) is 14.0 Å². The number of ether oxygens (including phenoxy) is 1. The average Bonchev–Trinajstić information content (AvgIpc) is 3.04. The molecule has 23 heavy (non-hydrogen) atoms. The molecule has 1 spiro atoms. The van der Waals surface area contributed by atoms with E-state index in [0.717, 1.165) is 10.0 Å². The van der Waals surface area contributed by atoms with E-state index in [1.54, 1.807) is 32.9 Å². The number of rotatable bonds is 2. The predicted molar refractivity (Wildman–Crippen MR) is 87.1 cm³/mol. The average molecular weight is 384 g/mol. The number of fused-ring (bicyclic) bond motifs is 2. The van der Waals surface area contributed by atoms with Gasteiger partial charge in [0, 0.05) is 22.0 Å². The topological polar surface area (TPSA) is 46.6 Å². The number of esters is 1. The summed E-state index contributed by atoms with van der Waals surface area (Å²) in [6.07, 6.45) is -0.598. The van der Waals surface area contributed by atoms with Gasteiger partial charge in [-0.1, -0.05) is 15.9 Å². The van der Waals surface area contributed by atoms with Crippen LogP contribution >= 0.6 is 15.9 Å². The van der Waals surface area contributed by atoms with E-state index in [0.29, 0.717) is 12.0 Å². The first kappa shape index (κ1) is 16.4. The lowest BCUT2D eigenvalue weighted by Crippen LogP contribution is -2.47. The monoisotopic (exact) mass is 383 g/mol. The number of hydrogen-bond acceptors (Lipinski definition) is 3. The van der Waals surface area contributed by atoms with Crippen molar-refractivity contribution in [2.45, 2.75) is 44.4 Å². The molecule has 3 rings (SSSR count). The maximum atomic E-state index is 14.1. The molecule has 1 aromatic carbocycles. The maximum Gasteiger partial charge on any atom is 0.326 e. The van der Waals surface area contributed by atoms with Crippen LogP contribution in [-0.2, 0) is 14.9 Å². The van der Waals surface area contributed by atoms with Gasteiger partial charge in [-0.2, -0.15) is 0 Å². The smallest absolute Gasteiger partial charge is 0.326 e. The second-order valence-corrected chi connectivity index (χ2v) is 8.18. The number of benzene rings is 1. The van der Waals surface area contributed by atoms with Gasteiger partial charge in [-0.05, 0) is 51.0 Å². The lowest BCUT2D eigenvalue weighted by molar-refractivity contribution is -0.155. The molecular formula is C17H19BrFNO3. The van der Waals surface area contributed by atoms with Gasteiger partial charge in [-0.3, -0.25) is 9.59 Å². The number of carbonyl (C=O) groups excluding carboxylic acids is 2. The molecule has 0 saturated heterocycles. The summed E-state index contributed by atoms with van der Waals surface area (Å²) in [5.41, 5.74) is -0.0684. The summed E-state index contributed by atoms with van der Waals surface area (Å²) in [4.78, 5) is 26.1. The highest BCUT2D eigenvalue weighted by Crippen LogP contribution is 2.54. The number of nitrogens with zero attached hydrogens (tertiary/aromatic N) is 1. The third-order valence-electron chi connectivity index (χ3n) is 4.23. The zero-order valence-electron chi connectivity index (χ0n) is 13.4. The molecule has 2 aliphatic rings. The van der Waals surface area contributed by atoms with Crippen molar-refractivity contribution in [1.82, 2.24) is 4.90 Å². The van der Waals surface area contributed by atoms with Gasteiger partial charge in [0.15, 0.2) is 0 Å². The zero-order chi connectivity index (χ0) is 17.0. The van der Waals surface area contributed by atoms with Crippen LogP contribution in [0.1, 0.15) is 43.1 Å². The van der Waals surface area contributed by atoms with Crippen LogP contribution in [0.25, 0.3) is 0 Å². The summed E-state index contributed by atoms with van der Waals surface area (Å²) in [5.74, 6) is -0.722. The van der Waals surface area contributed by atoms with Crippen molar-refractivity contribution in [2.24, 2.45) is 0 Å². The first-order valence-corrected chi connectivity index (χ1v) is 8.37. The summed E-state index contributed by atoms with van der Waals surface area (Å²) < 4.78 is 20.2. The fraction of sp³-hybridized carbons (Fsp3) is 0.529. The Hall–Kier alpha value is -1.43. The lowest BCUT2D eigenvalue weighted by Gasteiger charge is -2.34. The Bertz CT molecular complexity index is 685. The standard InChI is InChI=1S/C17H19BrFNO3/c1-16(2,3)23-14(21)8-20-9-17(7-13(17)19)12-6-10(18)4-5-11(12)15(20)22/h4-6,13H,7-9H2,1-3H3/t13?,17-/m0/s1. The summed E-state index contributed by atoms with van der Waals surface area (Å²) >= 11 is 3.38. The zero-order valence-corrected chi connectivity index (χ0v) is 14.9. The highest BCUT2D eigenvalue weighted by Gasteiger charge is 2.61. The van der Waals surface area contributed by atoms with Crippen molar-refractivity contribution in [1.29, 1.82) is 0 Å². The molecule has 1 aliphatic carbocycles. The number of amides is 1. The van der Waals surface area contributed by atoms with Gasteiger partial charge >= 0.3 is 5.97 Å². The van der Waals surface area contributed by atoms with Gasteiger partial charge < -0.3 is 9.64 Å². The second-order valence-electron chi connectivity index (χ2n) is 7.27. The SMILES string of the molecule is CC(C)(C)OC(=O)CN1C[C@@]2(CC2F)c2cc(Br)ccc2C1=O. The van der Waals surface area contributed by atoms with E-state index in [1.807, 2.05) is 6.07 Å². The van der Waals surface area contributed by atoms with E-state index < -0.39 is 23.2 Å². The second kappa shape index (κ2) is 5.30. The Morgan fingerprint density at radius 1 is 1.48 bits per heavy atom. The van der Waals surface area contributed by atoms with E-state index >= 15 is 0 Å². The highest BCUT2D eigenvalue weighted by atomic mass is 79.9. The number of alkyl halides is 1. The Morgan fingerprint density at radius 2 is 2.13 bits per heavy atom. The molecule has 1 fully saturated rings. The number of carbonyl (C=O) groups is 2. The van der Waals surface area contributed by atoms with Gasteiger partial charge in [0.25, 0.3) is 5.91 Å². The molecular weight excluding hydrogens is 365 g/mol. The van der Waals surface area contributed by atoms with Gasteiger partial charge in [-0.15, -0.1) is 0 Å². The van der Waals surface area contributed by atoms with Crippen LogP contribution in [0.5, 0.6) is 0 Å². The fourth-order valence-electron chi connectivity index (χ4n) is 3.14. The minimum absolute atomic E-state index is 0.153. The van der Waals surface area contributed by atoms with E-state index in [1.165, 1.54) is 4.90 Å². The molecule has 1 aromatic rings. The predicted octanol–water partition coefficient (Wildman–Crippen LogP) is 3.23. The molecule has 0 N–H and O–H groups in total. The molecule has 0 bridgehead atoms. The minimum Gasteiger partial charge on any atom is -0.459 e. The first-order chi connectivity index (χ1) is 10.6. The van der Waals surface area contributed by atoms with Gasteiger partial charge in [0.1, 0.15) is 18.3 Å². The summed E-state index contributed by atoms with van der Waals surface area (Å²) in [6.45, 7) is 5.39. The van der Waals surface area contributed by atoms with Crippen molar-refractivity contribution in [3.63, 3.8) is 0 Å². The van der Waals surface area contributed by atoms with Crippen LogP contribution in [0.2, 0.25) is 0 Å². The Kier molecular flexibility index (Phi) is 3.78. The molecule has 124 valence electrons. The van der Waals surface area contributed by atoms with E-state index in [2.05, 4.69) is 15.9 Å². The molecule has 1 aliphatic heterocycles. The van der Waals surface area contributed by atoms with Crippen LogP contribution in [0.15, 0.2) is 22.7 Å². The molecule has 1 amide bonds. The van der Waals surface area contributed by atoms with Crippen molar-refractivity contribution >= 4 is 27.8 Å². The number of hydrogen-bond donors (Lipinski definition) is 0. The van der Waals surface area contributed by atoms with Gasteiger partial charge in [-0.25, -0.2) is 4.39 Å². The van der Waals surface area contributed by atoms with Crippen molar-refractivity contribution in [3.8, 4) is 0 Å². The molecule has 2 atom stereocenters. The van der Waals surface area contributed by atoms with Gasteiger partial charge in [0.05, 0.1) is 0 Å². The largest absolute Gasteiger partial charge is 0.459 e. The summed E-state index contributed by atoms with van der Waals surface area (Å²) in [5, 5.41) is 0. The first-order valence-electron chi connectivity index (χ1n) is 7.58. The molecule has 0 radical (unpaired) electrons. The van der Waals surface area contributed by atoms with Crippen LogP contribution in [-0.4, -0.2) is 41.6 Å². The highest BCUT2D eigenvalue weighted by molar-refractivity contribution is 9.10. The van der Waals surface area contributed by atoms with Gasteiger partial charge in [0.2, 0.25) is 0 Å². The Balaban J connectivity index is 1.87. The third kappa shape index (κ3) is 3.01. The lowest BCUT2D eigenvalue weighted by atomic mass is 9.86. The van der Waals surface area contributed by atoms with E-state index in [-0.39, 0.29) is 19.0 Å². The van der Waals surface area contributed by atoms with E-state index in [4.69, 9.17) is 4.74 Å². The summed E-state index contributed by atoms with van der Waals surface area (Å²) in [7, 11) is 0. The molecule has 1 unspecified atom stereocenters. The quantitative estimate of drug-likeness (QED) is 0.736. The maximum absolute atomic E-state index is 14.1. The van der Waals surface area contributed by atoms with Crippen molar-refractivity contribution < 1.29 is 18.7 Å². The molecule has 1 saturated carbocycles. The van der Waals surface area contributed by atoms with Crippen LogP contribution in [0.4, 0.5) is 4.39 Å². The van der Waals surface area contributed by atoms with Crippen LogP contribution in [0.3, 0.4) is 0 Å². The molecule has 0 aromatic heterocycles. The Labute approximate surface area is 143 Å².